The molecule has 148 valence electrons. The van der Waals surface area contributed by atoms with E-state index in [1.807, 2.05) is 36.4 Å². The van der Waals surface area contributed by atoms with Crippen LogP contribution in [0.2, 0.25) is 0 Å². The molecule has 0 bridgehead atoms. The summed E-state index contributed by atoms with van der Waals surface area (Å²) < 4.78 is 13.1. The third kappa shape index (κ3) is 3.09. The molecular formula is C23H16N2O4S. The van der Waals surface area contributed by atoms with Gasteiger partial charge in [-0.3, -0.25) is 4.79 Å². The lowest BCUT2D eigenvalue weighted by molar-refractivity contribution is 0.0526. The molecule has 5 rings (SSSR count). The molecule has 3 heterocycles. The fourth-order valence-electron chi connectivity index (χ4n) is 3.34. The molecule has 30 heavy (non-hydrogen) atoms. The van der Waals surface area contributed by atoms with Crippen LogP contribution in [-0.2, 0) is 4.74 Å². The van der Waals surface area contributed by atoms with Gasteiger partial charge in [0.2, 0.25) is 0 Å². The molecule has 0 saturated heterocycles. The smallest absolute Gasteiger partial charge is 0.338 e. The van der Waals surface area contributed by atoms with Crippen LogP contribution in [0.5, 0.6) is 0 Å². The minimum absolute atomic E-state index is 0.119. The molecular weight excluding hydrogens is 400 g/mol. The number of nitrogens with zero attached hydrogens (tertiary/aromatic N) is 2. The van der Waals surface area contributed by atoms with Crippen LogP contribution < -0.4 is 10.1 Å². The summed E-state index contributed by atoms with van der Waals surface area (Å²) in [5.41, 5.74) is 2.70. The summed E-state index contributed by atoms with van der Waals surface area (Å²) in [4.78, 5) is 30.0. The fraction of sp³-hybridized carbons (Fsp3) is 0.0870. The van der Waals surface area contributed by atoms with Crippen molar-refractivity contribution in [3.63, 3.8) is 0 Å². The second-order valence-corrected chi connectivity index (χ2v) is 7.65. The fourth-order valence-corrected chi connectivity index (χ4v) is 4.31. The molecule has 2 aromatic carbocycles. The van der Waals surface area contributed by atoms with Crippen LogP contribution in [0.4, 0.5) is 0 Å². The molecule has 0 N–H and O–H groups in total. The number of imidazole rings is 1. The van der Waals surface area contributed by atoms with Crippen molar-refractivity contribution in [2.75, 3.05) is 6.61 Å². The van der Waals surface area contributed by atoms with Crippen molar-refractivity contribution in [1.82, 2.24) is 9.38 Å². The van der Waals surface area contributed by atoms with Crippen molar-refractivity contribution in [3.8, 4) is 11.3 Å². The van der Waals surface area contributed by atoms with E-state index in [9.17, 15) is 9.59 Å². The second-order valence-electron chi connectivity index (χ2n) is 6.64. The first kappa shape index (κ1) is 18.3. The summed E-state index contributed by atoms with van der Waals surface area (Å²) in [6.07, 6.45) is 1.72. The number of hydrogen-bond acceptors (Lipinski definition) is 6. The molecule has 6 nitrogen and oxygen atoms in total. The van der Waals surface area contributed by atoms with E-state index in [0.29, 0.717) is 33.2 Å². The monoisotopic (exact) mass is 416 g/mol. The van der Waals surface area contributed by atoms with E-state index in [1.54, 1.807) is 41.7 Å². The van der Waals surface area contributed by atoms with Gasteiger partial charge in [-0.05, 0) is 43.3 Å². The maximum absolute atomic E-state index is 12.9. The summed E-state index contributed by atoms with van der Waals surface area (Å²) in [7, 11) is 0. The van der Waals surface area contributed by atoms with Gasteiger partial charge < -0.3 is 9.15 Å². The SMILES string of the molecule is CCOC(=O)c1cccc(-c2ccc(/C=c3/sc4nc5ccccc5n4c3=O)o2)c1. The maximum Gasteiger partial charge on any atom is 0.338 e. The van der Waals surface area contributed by atoms with Gasteiger partial charge in [0.1, 0.15) is 16.1 Å². The van der Waals surface area contributed by atoms with E-state index in [1.165, 1.54) is 11.3 Å². The minimum Gasteiger partial charge on any atom is -0.462 e. The Morgan fingerprint density at radius 3 is 2.90 bits per heavy atom. The molecule has 5 aromatic rings. The Kier molecular flexibility index (Phi) is 4.44. The predicted molar refractivity (Wildman–Crippen MR) is 116 cm³/mol. The van der Waals surface area contributed by atoms with Crippen LogP contribution >= 0.6 is 11.3 Å². The van der Waals surface area contributed by atoms with E-state index in [0.717, 1.165) is 16.6 Å². The molecule has 7 heteroatoms. The Labute approximate surface area is 174 Å². The molecule has 3 aromatic heterocycles. The van der Waals surface area contributed by atoms with E-state index in [2.05, 4.69) is 4.98 Å². The predicted octanol–water partition coefficient (Wildman–Crippen LogP) is 3.89. The number of hydrogen-bond donors (Lipinski definition) is 0. The van der Waals surface area contributed by atoms with Crippen LogP contribution in [-0.4, -0.2) is 22.0 Å². The van der Waals surface area contributed by atoms with Gasteiger partial charge in [-0.1, -0.05) is 35.6 Å². The van der Waals surface area contributed by atoms with E-state index >= 15 is 0 Å². The van der Waals surface area contributed by atoms with Gasteiger partial charge in [0.05, 0.1) is 23.2 Å². The molecule has 0 aliphatic rings. The quantitative estimate of drug-likeness (QED) is 0.416. The number of ether oxygens (including phenoxy) is 1. The number of furan rings is 1. The average molecular weight is 416 g/mol. The Morgan fingerprint density at radius 2 is 2.03 bits per heavy atom. The number of fused-ring (bicyclic) bond motifs is 3. The molecule has 0 amide bonds. The van der Waals surface area contributed by atoms with Crippen LogP contribution in [0, 0.1) is 0 Å². The average Bonchev–Trinajstić information content (AvgIpc) is 3.44. The molecule has 0 fully saturated rings. The number of aromatic nitrogens is 2. The largest absolute Gasteiger partial charge is 0.462 e. The number of esters is 1. The highest BCUT2D eigenvalue weighted by Gasteiger charge is 2.12. The first-order valence-electron chi connectivity index (χ1n) is 9.43. The highest BCUT2D eigenvalue weighted by molar-refractivity contribution is 7.15. The van der Waals surface area contributed by atoms with Gasteiger partial charge in [0, 0.05) is 11.6 Å². The van der Waals surface area contributed by atoms with Crippen molar-refractivity contribution in [1.29, 1.82) is 0 Å². The molecule has 0 saturated carbocycles. The zero-order valence-electron chi connectivity index (χ0n) is 16.0. The summed E-state index contributed by atoms with van der Waals surface area (Å²) in [6, 6.07) is 18.2. The lowest BCUT2D eigenvalue weighted by atomic mass is 10.1. The van der Waals surface area contributed by atoms with Crippen LogP contribution in [0.3, 0.4) is 0 Å². The van der Waals surface area contributed by atoms with Crippen LogP contribution in [0.25, 0.3) is 33.4 Å². The van der Waals surface area contributed by atoms with Crippen molar-refractivity contribution in [3.05, 3.63) is 86.9 Å². The van der Waals surface area contributed by atoms with Crippen LogP contribution in [0.1, 0.15) is 23.0 Å². The summed E-state index contributed by atoms with van der Waals surface area (Å²) in [6.45, 7) is 2.09. The molecule has 0 radical (unpaired) electrons. The van der Waals surface area contributed by atoms with Gasteiger partial charge >= 0.3 is 5.97 Å². The van der Waals surface area contributed by atoms with Crippen molar-refractivity contribution < 1.29 is 13.9 Å². The normalized spacial score (nSPS) is 12.1. The number of thiazole rings is 1. The summed E-state index contributed by atoms with van der Waals surface area (Å²) in [5.74, 6) is 0.784. The minimum atomic E-state index is -0.372. The molecule has 0 spiro atoms. The number of rotatable bonds is 4. The Bertz CT molecular complexity index is 1510. The zero-order chi connectivity index (χ0) is 20.7. The van der Waals surface area contributed by atoms with Crippen molar-refractivity contribution >= 4 is 39.4 Å². The van der Waals surface area contributed by atoms with Gasteiger partial charge in [-0.2, -0.15) is 0 Å². The van der Waals surface area contributed by atoms with Crippen molar-refractivity contribution in [2.45, 2.75) is 6.92 Å². The first-order valence-corrected chi connectivity index (χ1v) is 10.2. The molecule has 0 aliphatic carbocycles. The lowest BCUT2D eigenvalue weighted by Crippen LogP contribution is -2.22. The zero-order valence-corrected chi connectivity index (χ0v) is 16.8. The van der Waals surface area contributed by atoms with Gasteiger partial charge in [0.25, 0.3) is 5.56 Å². The van der Waals surface area contributed by atoms with E-state index in [4.69, 9.17) is 9.15 Å². The number of carbonyl (C=O) groups is 1. The van der Waals surface area contributed by atoms with Gasteiger partial charge in [-0.15, -0.1) is 0 Å². The summed E-state index contributed by atoms with van der Waals surface area (Å²) in [5, 5.41) is 0. The second kappa shape index (κ2) is 7.27. The molecule has 0 unspecified atom stereocenters. The van der Waals surface area contributed by atoms with Crippen molar-refractivity contribution in [2.24, 2.45) is 0 Å². The third-order valence-corrected chi connectivity index (χ3v) is 5.67. The number of carbonyl (C=O) groups excluding carboxylic acids is 1. The lowest BCUT2D eigenvalue weighted by Gasteiger charge is -2.03. The van der Waals surface area contributed by atoms with E-state index < -0.39 is 0 Å². The van der Waals surface area contributed by atoms with E-state index in [-0.39, 0.29) is 11.5 Å². The maximum atomic E-state index is 12.9. The summed E-state index contributed by atoms with van der Waals surface area (Å²) >= 11 is 1.32. The van der Waals surface area contributed by atoms with Gasteiger partial charge in [-0.25, -0.2) is 14.2 Å². The third-order valence-electron chi connectivity index (χ3n) is 4.70. The highest BCUT2D eigenvalue weighted by Crippen LogP contribution is 2.24. The molecule has 0 atom stereocenters. The van der Waals surface area contributed by atoms with Gasteiger partial charge in [0.15, 0.2) is 4.96 Å². The Balaban J connectivity index is 1.53. The first-order chi connectivity index (χ1) is 14.6. The van der Waals surface area contributed by atoms with Crippen LogP contribution in [0.15, 0.2) is 69.9 Å². The number of para-hydroxylation sites is 2. The Hall–Kier alpha value is -3.71. The number of benzene rings is 2. The molecule has 0 aliphatic heterocycles. The Morgan fingerprint density at radius 1 is 1.17 bits per heavy atom. The topological polar surface area (TPSA) is 73.8 Å². The highest BCUT2D eigenvalue weighted by atomic mass is 32.1. The standard InChI is InChI=1S/C23H16N2O4S/c1-2-28-22(27)15-7-5-6-14(12-15)19-11-10-16(29-19)13-20-21(26)25-18-9-4-3-8-17(18)24-23(25)30-20/h3-13H,2H2,1H3/b20-13+.